The molecule has 0 heterocycles. The van der Waals surface area contributed by atoms with Gasteiger partial charge < -0.3 is 29.2 Å². The van der Waals surface area contributed by atoms with Crippen LogP contribution in [0.1, 0.15) is 31.8 Å². The van der Waals surface area contributed by atoms with Crippen LogP contribution in [0.2, 0.25) is 0 Å². The van der Waals surface area contributed by atoms with Crippen LogP contribution in [0.5, 0.6) is 34.5 Å². The van der Waals surface area contributed by atoms with Gasteiger partial charge in [0.15, 0.2) is 34.6 Å². The third-order valence-electron chi connectivity index (χ3n) is 5.31. The van der Waals surface area contributed by atoms with Crippen molar-refractivity contribution in [2.75, 3.05) is 28.4 Å². The van der Waals surface area contributed by atoms with Gasteiger partial charge in [-0.05, 0) is 53.6 Å². The van der Waals surface area contributed by atoms with Crippen LogP contribution in [0.15, 0.2) is 60.7 Å². The maximum absolute atomic E-state index is 12.8. The lowest BCUT2D eigenvalue weighted by molar-refractivity contribution is 0.104. The maximum Gasteiger partial charge on any atom is 0.189 e. The fourth-order valence-corrected chi connectivity index (χ4v) is 3.41. The normalized spacial score (nSPS) is 11.0. The monoisotopic (exact) mass is 490 g/mol. The first-order valence-electron chi connectivity index (χ1n) is 10.8. The van der Waals surface area contributed by atoms with Gasteiger partial charge in [-0.1, -0.05) is 24.3 Å². The number of ketones is 2. The highest BCUT2D eigenvalue weighted by Crippen LogP contribution is 2.31. The van der Waals surface area contributed by atoms with Gasteiger partial charge >= 0.3 is 0 Å². The molecule has 36 heavy (non-hydrogen) atoms. The summed E-state index contributed by atoms with van der Waals surface area (Å²) in [5, 5.41) is 20.4. The molecule has 0 atom stereocenters. The van der Waals surface area contributed by atoms with Gasteiger partial charge in [0.25, 0.3) is 0 Å². The Hall–Kier alpha value is -4.72. The van der Waals surface area contributed by atoms with E-state index in [1.165, 1.54) is 52.7 Å². The van der Waals surface area contributed by atoms with E-state index >= 15 is 0 Å². The Labute approximate surface area is 208 Å². The smallest absolute Gasteiger partial charge is 0.189 e. The average Bonchev–Trinajstić information content (AvgIpc) is 2.89. The summed E-state index contributed by atoms with van der Waals surface area (Å²) in [6.45, 7) is 0. The molecule has 0 saturated carbocycles. The topological polar surface area (TPSA) is 112 Å². The lowest BCUT2D eigenvalue weighted by atomic mass is 10.0. The summed E-state index contributed by atoms with van der Waals surface area (Å²) in [6, 6.07) is 12.4. The first-order chi connectivity index (χ1) is 17.3. The Morgan fingerprint density at radius 2 is 0.972 bits per heavy atom. The molecule has 0 aromatic heterocycles. The molecular weight excluding hydrogens is 464 g/mol. The van der Waals surface area contributed by atoms with E-state index in [1.807, 2.05) is 0 Å². The van der Waals surface area contributed by atoms with E-state index in [-0.39, 0.29) is 11.1 Å². The van der Waals surface area contributed by atoms with Gasteiger partial charge in [-0.15, -0.1) is 0 Å². The number of methoxy groups -OCH3 is 4. The number of carbonyl (C=O) groups excluding carboxylic acids is 2. The van der Waals surface area contributed by atoms with Crippen LogP contribution in [-0.2, 0) is 0 Å². The summed E-state index contributed by atoms with van der Waals surface area (Å²) < 4.78 is 20.9. The fraction of sp³-hybridized carbons (Fsp3) is 0.143. The zero-order chi connectivity index (χ0) is 26.2. The van der Waals surface area contributed by atoms with Gasteiger partial charge in [0.2, 0.25) is 0 Å². The molecule has 0 aliphatic carbocycles. The van der Waals surface area contributed by atoms with Crippen LogP contribution in [-0.4, -0.2) is 50.2 Å². The molecule has 2 N–H and O–H groups in total. The lowest BCUT2D eigenvalue weighted by Gasteiger charge is -2.08. The third kappa shape index (κ3) is 5.85. The highest BCUT2D eigenvalue weighted by Gasteiger charge is 2.17. The van der Waals surface area contributed by atoms with Crippen molar-refractivity contribution in [2.24, 2.45) is 0 Å². The standard InChI is InChI=1S/C28H26O8/c1-33-25-11-7-17(13-27(25)35-3)5-9-21(29)19-15-20(24(32)16-23(19)31)22(30)10-6-18-8-12-26(34-2)28(14-18)36-4/h5-16,31-32H,1-4H3. The maximum atomic E-state index is 12.8. The number of carbonyl (C=O) groups is 2. The highest BCUT2D eigenvalue weighted by molar-refractivity contribution is 6.13. The molecule has 0 bridgehead atoms. The number of aromatic hydroxyl groups is 2. The highest BCUT2D eigenvalue weighted by atomic mass is 16.5. The Balaban J connectivity index is 1.84. The number of phenols is 2. The van der Waals surface area contributed by atoms with E-state index < -0.39 is 23.1 Å². The summed E-state index contributed by atoms with van der Waals surface area (Å²) in [4.78, 5) is 25.5. The predicted octanol–water partition coefficient (Wildman–Crippen LogP) is 4.92. The Morgan fingerprint density at radius 1 is 0.583 bits per heavy atom. The minimum absolute atomic E-state index is 0.132. The SMILES string of the molecule is COc1ccc(C=CC(=O)c2cc(C(=O)C=Cc3ccc(OC)c(OC)c3)c(O)cc2O)cc1OC. The third-order valence-corrected chi connectivity index (χ3v) is 5.31. The van der Waals surface area contributed by atoms with Gasteiger partial charge in [-0.3, -0.25) is 9.59 Å². The minimum atomic E-state index is -0.555. The quantitative estimate of drug-likeness (QED) is 0.304. The van der Waals surface area contributed by atoms with Gasteiger partial charge in [-0.2, -0.15) is 0 Å². The molecule has 8 heteroatoms. The molecule has 186 valence electrons. The molecule has 0 saturated heterocycles. The first-order valence-corrected chi connectivity index (χ1v) is 10.8. The van der Waals surface area contributed by atoms with E-state index in [9.17, 15) is 19.8 Å². The van der Waals surface area contributed by atoms with E-state index in [1.54, 1.807) is 36.4 Å². The number of rotatable bonds is 10. The fourth-order valence-electron chi connectivity index (χ4n) is 3.41. The summed E-state index contributed by atoms with van der Waals surface area (Å²) in [6.07, 6.45) is 5.58. The number of allylic oxidation sites excluding steroid dienone is 2. The molecule has 0 fully saturated rings. The molecular formula is C28H26O8. The second-order valence-corrected chi connectivity index (χ2v) is 7.51. The summed E-state index contributed by atoms with van der Waals surface area (Å²) in [5.41, 5.74) is 1.06. The number of hydrogen-bond donors (Lipinski definition) is 2. The second kappa shape index (κ2) is 11.6. The molecule has 3 aromatic rings. The Kier molecular flexibility index (Phi) is 8.35. The molecule has 3 rings (SSSR count). The van der Waals surface area contributed by atoms with Crippen molar-refractivity contribution in [3.8, 4) is 34.5 Å². The van der Waals surface area contributed by atoms with E-state index in [0.29, 0.717) is 34.1 Å². The van der Waals surface area contributed by atoms with Crippen molar-refractivity contribution in [1.29, 1.82) is 0 Å². The molecule has 0 spiro atoms. The Morgan fingerprint density at radius 3 is 1.33 bits per heavy atom. The van der Waals surface area contributed by atoms with Crippen LogP contribution in [0, 0.1) is 0 Å². The van der Waals surface area contributed by atoms with Crippen molar-refractivity contribution in [2.45, 2.75) is 0 Å². The first kappa shape index (κ1) is 25.9. The minimum Gasteiger partial charge on any atom is -0.507 e. The number of ether oxygens (including phenoxy) is 4. The summed E-state index contributed by atoms with van der Waals surface area (Å²) >= 11 is 0. The number of phenolic OH excluding ortho intramolecular Hbond substituents is 2. The average molecular weight is 491 g/mol. The van der Waals surface area contributed by atoms with Crippen molar-refractivity contribution >= 4 is 23.7 Å². The van der Waals surface area contributed by atoms with Gasteiger partial charge in [0.1, 0.15) is 11.5 Å². The van der Waals surface area contributed by atoms with Crippen LogP contribution >= 0.6 is 0 Å². The number of hydrogen-bond acceptors (Lipinski definition) is 8. The van der Waals surface area contributed by atoms with E-state index in [0.717, 1.165) is 12.1 Å². The largest absolute Gasteiger partial charge is 0.507 e. The van der Waals surface area contributed by atoms with Gasteiger partial charge in [-0.25, -0.2) is 0 Å². The zero-order valence-electron chi connectivity index (χ0n) is 20.3. The van der Waals surface area contributed by atoms with Crippen LogP contribution < -0.4 is 18.9 Å². The second-order valence-electron chi connectivity index (χ2n) is 7.51. The van der Waals surface area contributed by atoms with E-state index in [4.69, 9.17) is 18.9 Å². The number of benzene rings is 3. The zero-order valence-corrected chi connectivity index (χ0v) is 20.3. The molecule has 0 radical (unpaired) electrons. The molecule has 3 aromatic carbocycles. The lowest BCUT2D eigenvalue weighted by Crippen LogP contribution is -2.01. The van der Waals surface area contributed by atoms with Gasteiger partial charge in [0.05, 0.1) is 39.6 Å². The van der Waals surface area contributed by atoms with Crippen molar-refractivity contribution in [1.82, 2.24) is 0 Å². The van der Waals surface area contributed by atoms with Crippen molar-refractivity contribution < 1.29 is 38.7 Å². The van der Waals surface area contributed by atoms with Crippen molar-refractivity contribution in [3.05, 3.63) is 82.9 Å². The summed E-state index contributed by atoms with van der Waals surface area (Å²) in [7, 11) is 6.05. The van der Waals surface area contributed by atoms with Crippen LogP contribution in [0.4, 0.5) is 0 Å². The molecule has 0 unspecified atom stereocenters. The molecule has 0 aliphatic rings. The van der Waals surface area contributed by atoms with Crippen LogP contribution in [0.25, 0.3) is 12.2 Å². The van der Waals surface area contributed by atoms with Crippen molar-refractivity contribution in [3.63, 3.8) is 0 Å². The summed E-state index contributed by atoms with van der Waals surface area (Å²) in [5.74, 6) is 0.0653. The predicted molar refractivity (Wildman–Crippen MR) is 136 cm³/mol. The Bertz CT molecular complexity index is 1240. The molecule has 8 nitrogen and oxygen atoms in total. The molecule has 0 aliphatic heterocycles. The van der Waals surface area contributed by atoms with Gasteiger partial charge in [0, 0.05) is 6.07 Å². The van der Waals surface area contributed by atoms with Crippen LogP contribution in [0.3, 0.4) is 0 Å². The van der Waals surface area contributed by atoms with E-state index in [2.05, 4.69) is 0 Å². The molecule has 0 amide bonds.